The smallest absolute Gasteiger partial charge is 0.356 e. The molecule has 5 heteroatoms. The molecule has 0 bridgehead atoms. The third kappa shape index (κ3) is 3.79. The number of carbonyl (C=O) groups is 1. The van der Waals surface area contributed by atoms with Crippen molar-refractivity contribution >= 4 is 11.7 Å². The molecule has 0 radical (unpaired) electrons. The number of hydrogen-bond acceptors (Lipinski definition) is 5. The lowest BCUT2D eigenvalue weighted by Crippen LogP contribution is -2.19. The number of methoxy groups -OCH3 is 1. The van der Waals surface area contributed by atoms with Crippen molar-refractivity contribution in [3.8, 4) is 5.75 Å². The van der Waals surface area contributed by atoms with Gasteiger partial charge in [-0.1, -0.05) is 17.3 Å². The van der Waals surface area contributed by atoms with Gasteiger partial charge in [0.2, 0.25) is 0 Å². The lowest BCUT2D eigenvalue weighted by Gasteiger charge is -2.05. The first-order valence-corrected chi connectivity index (χ1v) is 5.22. The van der Waals surface area contributed by atoms with E-state index in [4.69, 9.17) is 14.7 Å². The Balaban J connectivity index is 2.71. The number of ether oxygens (including phenoxy) is 2. The monoisotopic (exact) mass is 237 g/mol. The van der Waals surface area contributed by atoms with Crippen molar-refractivity contribution in [2.24, 2.45) is 5.16 Å². The quantitative estimate of drug-likeness (QED) is 0.366. The minimum Gasteiger partial charge on any atom is -0.497 e. The average molecular weight is 237 g/mol. The fraction of sp³-hybridized carbons (Fsp3) is 0.333. The number of nitrogens with zero attached hydrogens (tertiary/aromatic N) is 1. The predicted octanol–water partition coefficient (Wildman–Crippen LogP) is 1.63. The first-order chi connectivity index (χ1) is 8.21. The molecule has 0 fully saturated rings. The molecule has 0 unspecified atom stereocenters. The Morgan fingerprint density at radius 1 is 1.35 bits per heavy atom. The van der Waals surface area contributed by atoms with Gasteiger partial charge in [-0.15, -0.1) is 0 Å². The maximum absolute atomic E-state index is 11.4. The summed E-state index contributed by atoms with van der Waals surface area (Å²) in [6.45, 7) is 1.95. The first-order valence-electron chi connectivity index (χ1n) is 5.22. The van der Waals surface area contributed by atoms with Crippen LogP contribution in [-0.4, -0.2) is 30.6 Å². The van der Waals surface area contributed by atoms with E-state index < -0.39 is 5.97 Å². The summed E-state index contributed by atoms with van der Waals surface area (Å²) in [7, 11) is 1.58. The number of oxime groups is 1. The molecular formula is C12H15NO4. The maximum Gasteiger partial charge on any atom is 0.356 e. The Morgan fingerprint density at radius 2 is 2.00 bits per heavy atom. The SMILES string of the molecule is CCOC(=O)/C(Cc1ccc(OC)cc1)=N/O. The van der Waals surface area contributed by atoms with Gasteiger partial charge in [-0.25, -0.2) is 4.79 Å². The van der Waals surface area contributed by atoms with Crippen LogP contribution in [-0.2, 0) is 16.0 Å². The van der Waals surface area contributed by atoms with Crippen LogP contribution in [0.1, 0.15) is 12.5 Å². The molecule has 1 aromatic rings. The molecule has 1 N–H and O–H groups in total. The van der Waals surface area contributed by atoms with Crippen LogP contribution in [0.15, 0.2) is 29.4 Å². The molecule has 0 saturated heterocycles. The summed E-state index contributed by atoms with van der Waals surface area (Å²) in [6, 6.07) is 7.14. The van der Waals surface area contributed by atoms with Crippen LogP contribution in [0.2, 0.25) is 0 Å². The van der Waals surface area contributed by atoms with Gasteiger partial charge in [0.25, 0.3) is 0 Å². The van der Waals surface area contributed by atoms with Gasteiger partial charge < -0.3 is 14.7 Å². The van der Waals surface area contributed by atoms with Gasteiger partial charge in [-0.05, 0) is 24.6 Å². The third-order valence-electron chi connectivity index (χ3n) is 2.16. The number of rotatable bonds is 5. The minimum absolute atomic E-state index is 0.0167. The highest BCUT2D eigenvalue weighted by Crippen LogP contribution is 2.12. The van der Waals surface area contributed by atoms with Crippen molar-refractivity contribution in [1.82, 2.24) is 0 Å². The van der Waals surface area contributed by atoms with Gasteiger partial charge in [0.1, 0.15) is 5.75 Å². The normalized spacial score (nSPS) is 11.1. The molecule has 17 heavy (non-hydrogen) atoms. The van der Waals surface area contributed by atoms with Crippen molar-refractivity contribution in [2.75, 3.05) is 13.7 Å². The molecule has 0 saturated carbocycles. The van der Waals surface area contributed by atoms with E-state index in [0.29, 0.717) is 0 Å². The highest BCUT2D eigenvalue weighted by atomic mass is 16.5. The molecule has 0 aromatic heterocycles. The average Bonchev–Trinajstić information content (AvgIpc) is 2.37. The van der Waals surface area contributed by atoms with Crippen molar-refractivity contribution in [3.63, 3.8) is 0 Å². The van der Waals surface area contributed by atoms with Gasteiger partial charge in [0.05, 0.1) is 13.7 Å². The van der Waals surface area contributed by atoms with Crippen molar-refractivity contribution in [2.45, 2.75) is 13.3 Å². The summed E-state index contributed by atoms with van der Waals surface area (Å²) in [4.78, 5) is 11.4. The topological polar surface area (TPSA) is 68.1 Å². The molecule has 0 heterocycles. The lowest BCUT2D eigenvalue weighted by atomic mass is 10.1. The van der Waals surface area contributed by atoms with Crippen LogP contribution >= 0.6 is 0 Å². The van der Waals surface area contributed by atoms with Crippen LogP contribution in [0, 0.1) is 0 Å². The molecule has 0 atom stereocenters. The van der Waals surface area contributed by atoms with E-state index in [-0.39, 0.29) is 18.7 Å². The van der Waals surface area contributed by atoms with Crippen LogP contribution in [0.4, 0.5) is 0 Å². The molecule has 1 aromatic carbocycles. The summed E-state index contributed by atoms with van der Waals surface area (Å²) in [5, 5.41) is 11.7. The standard InChI is InChI=1S/C12H15NO4/c1-3-17-12(14)11(13-15)8-9-4-6-10(16-2)7-5-9/h4-7,15H,3,8H2,1-2H3/b13-11+. The minimum atomic E-state index is -0.606. The fourth-order valence-electron chi connectivity index (χ4n) is 1.30. The van der Waals surface area contributed by atoms with Crippen molar-refractivity contribution in [3.05, 3.63) is 29.8 Å². The highest BCUT2D eigenvalue weighted by molar-refractivity contribution is 6.36. The zero-order chi connectivity index (χ0) is 12.7. The van der Waals surface area contributed by atoms with E-state index in [1.54, 1.807) is 38.3 Å². The summed E-state index contributed by atoms with van der Waals surface area (Å²) < 4.78 is 9.77. The Morgan fingerprint density at radius 3 is 2.47 bits per heavy atom. The van der Waals surface area contributed by atoms with Crippen LogP contribution < -0.4 is 4.74 Å². The van der Waals surface area contributed by atoms with Gasteiger partial charge in [0.15, 0.2) is 5.71 Å². The summed E-state index contributed by atoms with van der Waals surface area (Å²) in [5.74, 6) is 0.123. The molecule has 0 aliphatic carbocycles. The maximum atomic E-state index is 11.4. The number of hydrogen-bond donors (Lipinski definition) is 1. The third-order valence-corrected chi connectivity index (χ3v) is 2.16. The van der Waals surface area contributed by atoms with E-state index in [1.165, 1.54) is 0 Å². The Bertz CT molecular complexity index is 397. The summed E-state index contributed by atoms with van der Waals surface area (Å²) >= 11 is 0. The lowest BCUT2D eigenvalue weighted by molar-refractivity contribution is -0.135. The fourth-order valence-corrected chi connectivity index (χ4v) is 1.30. The zero-order valence-electron chi connectivity index (χ0n) is 9.84. The van der Waals surface area contributed by atoms with Gasteiger partial charge >= 0.3 is 5.97 Å². The van der Waals surface area contributed by atoms with E-state index in [1.807, 2.05) is 0 Å². The van der Waals surface area contributed by atoms with Crippen molar-refractivity contribution < 1.29 is 19.5 Å². The molecule has 5 nitrogen and oxygen atoms in total. The van der Waals surface area contributed by atoms with Crippen LogP contribution in [0.5, 0.6) is 5.75 Å². The zero-order valence-corrected chi connectivity index (χ0v) is 9.84. The van der Waals surface area contributed by atoms with Gasteiger partial charge in [-0.3, -0.25) is 0 Å². The van der Waals surface area contributed by atoms with E-state index in [0.717, 1.165) is 11.3 Å². The first kappa shape index (κ1) is 13.0. The molecule has 0 aliphatic heterocycles. The van der Waals surface area contributed by atoms with Gasteiger partial charge in [-0.2, -0.15) is 0 Å². The second-order valence-electron chi connectivity index (χ2n) is 3.29. The van der Waals surface area contributed by atoms with Gasteiger partial charge in [0, 0.05) is 6.42 Å². The molecule has 0 amide bonds. The number of esters is 1. The second kappa shape index (κ2) is 6.52. The molecule has 0 aliphatic rings. The van der Waals surface area contributed by atoms with E-state index in [9.17, 15) is 4.79 Å². The Kier molecular flexibility index (Phi) is 5.00. The predicted molar refractivity (Wildman–Crippen MR) is 62.6 cm³/mol. The Labute approximate surface area is 99.7 Å². The summed E-state index contributed by atoms with van der Waals surface area (Å²) in [5.41, 5.74) is 0.823. The summed E-state index contributed by atoms with van der Waals surface area (Å²) in [6.07, 6.45) is 0.222. The largest absolute Gasteiger partial charge is 0.497 e. The highest BCUT2D eigenvalue weighted by Gasteiger charge is 2.13. The molecule has 1 rings (SSSR count). The molecular weight excluding hydrogens is 222 g/mol. The van der Waals surface area contributed by atoms with E-state index in [2.05, 4.69) is 5.16 Å². The molecule has 0 spiro atoms. The van der Waals surface area contributed by atoms with Crippen LogP contribution in [0.3, 0.4) is 0 Å². The van der Waals surface area contributed by atoms with Crippen molar-refractivity contribution in [1.29, 1.82) is 0 Å². The van der Waals surface area contributed by atoms with E-state index >= 15 is 0 Å². The molecule has 92 valence electrons. The number of carbonyl (C=O) groups excluding carboxylic acids is 1. The second-order valence-corrected chi connectivity index (χ2v) is 3.29. The van der Waals surface area contributed by atoms with Crippen LogP contribution in [0.25, 0.3) is 0 Å². The Hall–Kier alpha value is -2.04. The number of benzene rings is 1.